The normalized spacial score (nSPS) is 19.9. The first-order valence-electron chi connectivity index (χ1n) is 11.3. The molecule has 0 aromatic heterocycles. The number of benzene rings is 2. The average molecular weight is 452 g/mol. The van der Waals surface area contributed by atoms with Crippen molar-refractivity contribution >= 4 is 18.0 Å². The SMILES string of the molecule is CC1CCCC(C)N1C(=O)COc1ccc(C(=O)NN=Cc2ccc3c(c2)OCCO3)cc1. The van der Waals surface area contributed by atoms with Crippen molar-refractivity contribution in [1.29, 1.82) is 0 Å². The minimum Gasteiger partial charge on any atom is -0.486 e. The molecule has 0 spiro atoms. The van der Waals surface area contributed by atoms with Crippen molar-refractivity contribution in [3.8, 4) is 17.2 Å². The molecular formula is C25H29N3O5. The van der Waals surface area contributed by atoms with Gasteiger partial charge in [-0.05, 0) is 81.1 Å². The number of hydrazone groups is 1. The summed E-state index contributed by atoms with van der Waals surface area (Å²) in [5, 5.41) is 4.01. The van der Waals surface area contributed by atoms with E-state index in [1.807, 2.05) is 23.1 Å². The maximum Gasteiger partial charge on any atom is 0.271 e. The van der Waals surface area contributed by atoms with Crippen molar-refractivity contribution in [2.45, 2.75) is 45.2 Å². The summed E-state index contributed by atoms with van der Waals surface area (Å²) in [5.41, 5.74) is 3.73. The Morgan fingerprint density at radius 3 is 2.48 bits per heavy atom. The van der Waals surface area contributed by atoms with Crippen LogP contribution in [-0.4, -0.2) is 54.8 Å². The molecule has 2 aliphatic heterocycles. The fourth-order valence-corrected chi connectivity index (χ4v) is 4.21. The lowest BCUT2D eigenvalue weighted by molar-refractivity contribution is -0.139. The number of amides is 2. The van der Waals surface area contributed by atoms with Crippen LogP contribution in [0.3, 0.4) is 0 Å². The Bertz CT molecular complexity index is 1010. The second-order valence-electron chi connectivity index (χ2n) is 8.35. The van der Waals surface area contributed by atoms with E-state index in [0.717, 1.165) is 24.8 Å². The number of nitrogens with one attached hydrogen (secondary N) is 1. The molecule has 2 amide bonds. The molecule has 2 unspecified atom stereocenters. The van der Waals surface area contributed by atoms with E-state index in [0.29, 0.717) is 36.0 Å². The van der Waals surface area contributed by atoms with Crippen molar-refractivity contribution in [3.05, 3.63) is 53.6 Å². The number of carbonyl (C=O) groups excluding carboxylic acids is 2. The van der Waals surface area contributed by atoms with Gasteiger partial charge < -0.3 is 19.1 Å². The first kappa shape index (κ1) is 22.6. The predicted molar refractivity (Wildman–Crippen MR) is 124 cm³/mol. The lowest BCUT2D eigenvalue weighted by atomic mass is 9.97. The van der Waals surface area contributed by atoms with Crippen LogP contribution in [0.15, 0.2) is 47.6 Å². The lowest BCUT2D eigenvalue weighted by Crippen LogP contribution is -2.49. The number of nitrogens with zero attached hydrogens (tertiary/aromatic N) is 2. The first-order chi connectivity index (χ1) is 16.0. The maximum atomic E-state index is 12.6. The molecule has 2 aromatic carbocycles. The summed E-state index contributed by atoms with van der Waals surface area (Å²) in [6.45, 7) is 5.19. The summed E-state index contributed by atoms with van der Waals surface area (Å²) in [6, 6.07) is 12.6. The largest absolute Gasteiger partial charge is 0.486 e. The number of carbonyl (C=O) groups is 2. The highest BCUT2D eigenvalue weighted by Crippen LogP contribution is 2.30. The van der Waals surface area contributed by atoms with Crippen LogP contribution in [0.5, 0.6) is 17.2 Å². The molecule has 174 valence electrons. The van der Waals surface area contributed by atoms with Gasteiger partial charge in [-0.3, -0.25) is 9.59 Å². The summed E-state index contributed by atoms with van der Waals surface area (Å²) in [4.78, 5) is 26.9. The number of ether oxygens (including phenoxy) is 3. The van der Waals surface area contributed by atoms with Gasteiger partial charge in [-0.25, -0.2) is 5.43 Å². The van der Waals surface area contributed by atoms with Crippen molar-refractivity contribution in [3.63, 3.8) is 0 Å². The number of piperidine rings is 1. The molecule has 8 nitrogen and oxygen atoms in total. The molecule has 8 heteroatoms. The summed E-state index contributed by atoms with van der Waals surface area (Å²) < 4.78 is 16.7. The monoisotopic (exact) mass is 451 g/mol. The Hall–Kier alpha value is -3.55. The van der Waals surface area contributed by atoms with Crippen molar-refractivity contribution < 1.29 is 23.8 Å². The summed E-state index contributed by atoms with van der Waals surface area (Å²) in [5.74, 6) is 1.55. The molecule has 4 rings (SSSR count). The van der Waals surface area contributed by atoms with E-state index in [1.54, 1.807) is 30.5 Å². The van der Waals surface area contributed by atoms with Gasteiger partial charge in [0.15, 0.2) is 18.1 Å². The van der Waals surface area contributed by atoms with Gasteiger partial charge in [0.25, 0.3) is 11.8 Å². The minimum absolute atomic E-state index is 0.00926. The van der Waals surface area contributed by atoms with Gasteiger partial charge in [0.2, 0.25) is 0 Å². The Kier molecular flexibility index (Phi) is 7.12. The van der Waals surface area contributed by atoms with Crippen LogP contribution in [0, 0.1) is 0 Å². The number of fused-ring (bicyclic) bond motifs is 1. The number of likely N-dealkylation sites (tertiary alicyclic amines) is 1. The third-order valence-corrected chi connectivity index (χ3v) is 5.91. The van der Waals surface area contributed by atoms with Crippen molar-refractivity contribution in [2.24, 2.45) is 5.10 Å². The standard InChI is InChI=1S/C25H29N3O5/c1-17-4-3-5-18(2)28(17)24(29)16-33-21-9-7-20(8-10-21)25(30)27-26-15-19-6-11-22-23(14-19)32-13-12-31-22/h6-11,14-15,17-18H,3-5,12-13,16H2,1-2H3,(H,27,30). The van der Waals surface area contributed by atoms with Crippen LogP contribution in [0.2, 0.25) is 0 Å². The highest BCUT2D eigenvalue weighted by Gasteiger charge is 2.29. The average Bonchev–Trinajstić information content (AvgIpc) is 2.83. The van der Waals surface area contributed by atoms with Gasteiger partial charge in [-0.2, -0.15) is 5.10 Å². The van der Waals surface area contributed by atoms with E-state index in [1.165, 1.54) is 0 Å². The van der Waals surface area contributed by atoms with Gasteiger partial charge in [-0.1, -0.05) is 0 Å². The van der Waals surface area contributed by atoms with Crippen LogP contribution in [0.1, 0.15) is 49.0 Å². The lowest BCUT2D eigenvalue weighted by Gasteiger charge is -2.38. The van der Waals surface area contributed by atoms with Crippen LogP contribution in [0.25, 0.3) is 0 Å². The Balaban J connectivity index is 1.27. The fourth-order valence-electron chi connectivity index (χ4n) is 4.21. The molecule has 0 radical (unpaired) electrons. The predicted octanol–water partition coefficient (Wildman–Crippen LogP) is 3.39. The number of rotatable bonds is 6. The Morgan fingerprint density at radius 1 is 1.06 bits per heavy atom. The molecule has 2 aromatic rings. The first-order valence-corrected chi connectivity index (χ1v) is 11.3. The molecule has 2 heterocycles. The van der Waals surface area contributed by atoms with Gasteiger partial charge >= 0.3 is 0 Å². The van der Waals surface area contributed by atoms with E-state index < -0.39 is 0 Å². The molecule has 1 fully saturated rings. The second kappa shape index (κ2) is 10.4. The zero-order valence-corrected chi connectivity index (χ0v) is 19.0. The molecule has 2 atom stereocenters. The third kappa shape index (κ3) is 5.63. The summed E-state index contributed by atoms with van der Waals surface area (Å²) in [7, 11) is 0. The number of hydrogen-bond donors (Lipinski definition) is 1. The van der Waals surface area contributed by atoms with Gasteiger partial charge in [-0.15, -0.1) is 0 Å². The van der Waals surface area contributed by atoms with Crippen LogP contribution >= 0.6 is 0 Å². The molecule has 2 aliphatic rings. The van der Waals surface area contributed by atoms with E-state index in [-0.39, 0.29) is 30.5 Å². The smallest absolute Gasteiger partial charge is 0.271 e. The van der Waals surface area contributed by atoms with Crippen molar-refractivity contribution in [1.82, 2.24) is 10.3 Å². The van der Waals surface area contributed by atoms with Crippen molar-refractivity contribution in [2.75, 3.05) is 19.8 Å². The second-order valence-corrected chi connectivity index (χ2v) is 8.35. The van der Waals surface area contributed by atoms with E-state index >= 15 is 0 Å². The zero-order valence-electron chi connectivity index (χ0n) is 19.0. The topological polar surface area (TPSA) is 89.5 Å². The van der Waals surface area contributed by atoms with Gasteiger partial charge in [0.05, 0.1) is 6.21 Å². The Morgan fingerprint density at radius 2 is 1.76 bits per heavy atom. The molecule has 0 aliphatic carbocycles. The molecular weight excluding hydrogens is 422 g/mol. The quantitative estimate of drug-likeness (QED) is 0.537. The zero-order chi connectivity index (χ0) is 23.2. The highest BCUT2D eigenvalue weighted by molar-refractivity contribution is 5.95. The van der Waals surface area contributed by atoms with E-state index in [9.17, 15) is 9.59 Å². The molecule has 0 bridgehead atoms. The maximum absolute atomic E-state index is 12.6. The van der Waals surface area contributed by atoms with E-state index in [2.05, 4.69) is 24.4 Å². The number of hydrogen-bond acceptors (Lipinski definition) is 6. The van der Waals surface area contributed by atoms with Crippen LogP contribution < -0.4 is 19.6 Å². The Labute approximate surface area is 193 Å². The van der Waals surface area contributed by atoms with Gasteiger partial charge in [0, 0.05) is 17.6 Å². The highest BCUT2D eigenvalue weighted by atomic mass is 16.6. The van der Waals surface area contributed by atoms with Crippen LogP contribution in [0.4, 0.5) is 0 Å². The van der Waals surface area contributed by atoms with E-state index in [4.69, 9.17) is 14.2 Å². The molecule has 1 saturated heterocycles. The van der Waals surface area contributed by atoms with Gasteiger partial charge in [0.1, 0.15) is 19.0 Å². The summed E-state index contributed by atoms with van der Waals surface area (Å²) in [6.07, 6.45) is 4.74. The minimum atomic E-state index is -0.345. The summed E-state index contributed by atoms with van der Waals surface area (Å²) >= 11 is 0. The van der Waals surface area contributed by atoms with Crippen LogP contribution in [-0.2, 0) is 4.79 Å². The third-order valence-electron chi connectivity index (χ3n) is 5.91. The molecule has 1 N–H and O–H groups in total. The molecule has 33 heavy (non-hydrogen) atoms. The molecule has 0 saturated carbocycles. The fraction of sp³-hybridized carbons (Fsp3) is 0.400.